The van der Waals surface area contributed by atoms with Crippen LogP contribution in [0.3, 0.4) is 0 Å². The molecule has 0 aliphatic carbocycles. The fraction of sp³-hybridized carbons (Fsp3) is 0.722. The van der Waals surface area contributed by atoms with Gasteiger partial charge in [-0.1, -0.05) is 26.8 Å². The van der Waals surface area contributed by atoms with E-state index in [1.807, 2.05) is 20.2 Å². The highest BCUT2D eigenvalue weighted by Crippen LogP contribution is 2.23. The molecular formula is C18H34N4OS. The molecule has 0 bridgehead atoms. The summed E-state index contributed by atoms with van der Waals surface area (Å²) in [6.45, 7) is 8.06. The SMILES string of the molecule is CN(C)CC[C@H](NC(=O)NC[C@H](c1cccs1)N(C)C)C(C)(C)C. The maximum Gasteiger partial charge on any atom is 0.315 e. The normalized spacial score (nSPS) is 14.7. The standard InChI is InChI=1S/C18H34N4OS/c1-18(2,3)16(10-11-21(4)5)20-17(23)19-13-14(22(6)7)15-9-8-12-24-15/h8-9,12,14,16H,10-11,13H2,1-7H3,(H2,19,20,23)/t14-,16+/m1/s1. The Kier molecular flexibility index (Phi) is 8.19. The van der Waals surface area contributed by atoms with Crippen molar-refractivity contribution in [2.24, 2.45) is 5.41 Å². The smallest absolute Gasteiger partial charge is 0.315 e. The zero-order valence-corrected chi connectivity index (χ0v) is 17.0. The molecule has 24 heavy (non-hydrogen) atoms. The Morgan fingerprint density at radius 2 is 1.92 bits per heavy atom. The van der Waals surface area contributed by atoms with Gasteiger partial charge in [0.05, 0.1) is 6.04 Å². The van der Waals surface area contributed by atoms with Gasteiger partial charge in [-0.15, -0.1) is 11.3 Å². The first-order valence-electron chi connectivity index (χ1n) is 8.50. The molecule has 1 aromatic rings. The Hall–Kier alpha value is -1.11. The molecule has 5 nitrogen and oxygen atoms in total. The molecule has 0 aliphatic heterocycles. The minimum absolute atomic E-state index is 0.0298. The summed E-state index contributed by atoms with van der Waals surface area (Å²) < 4.78 is 0. The monoisotopic (exact) mass is 354 g/mol. The number of carbonyl (C=O) groups is 1. The summed E-state index contributed by atoms with van der Waals surface area (Å²) in [6.07, 6.45) is 0.936. The second kappa shape index (κ2) is 9.39. The van der Waals surface area contributed by atoms with Crippen LogP contribution in [-0.2, 0) is 0 Å². The minimum atomic E-state index is -0.0860. The number of amides is 2. The van der Waals surface area contributed by atoms with Crippen LogP contribution in [0.1, 0.15) is 38.1 Å². The van der Waals surface area contributed by atoms with Crippen LogP contribution in [0.4, 0.5) is 4.79 Å². The second-order valence-corrected chi connectivity index (χ2v) is 8.84. The van der Waals surface area contributed by atoms with Gasteiger partial charge in [0.15, 0.2) is 0 Å². The summed E-state index contributed by atoms with van der Waals surface area (Å²) in [5.41, 5.74) is 0.0298. The van der Waals surface area contributed by atoms with Crippen LogP contribution in [0.15, 0.2) is 17.5 Å². The summed E-state index contributed by atoms with van der Waals surface area (Å²) in [5, 5.41) is 8.28. The van der Waals surface area contributed by atoms with Crippen LogP contribution >= 0.6 is 11.3 Å². The summed E-state index contributed by atoms with van der Waals surface area (Å²) in [6, 6.07) is 4.42. The van der Waals surface area contributed by atoms with E-state index in [-0.39, 0.29) is 23.5 Å². The molecule has 0 spiro atoms. The zero-order chi connectivity index (χ0) is 18.3. The summed E-state index contributed by atoms with van der Waals surface area (Å²) in [5.74, 6) is 0. The largest absolute Gasteiger partial charge is 0.336 e. The average molecular weight is 355 g/mol. The Morgan fingerprint density at radius 1 is 1.25 bits per heavy atom. The average Bonchev–Trinajstić information content (AvgIpc) is 2.95. The first-order valence-corrected chi connectivity index (χ1v) is 9.38. The number of urea groups is 1. The third kappa shape index (κ3) is 7.20. The lowest BCUT2D eigenvalue weighted by atomic mass is 9.84. The van der Waals surface area contributed by atoms with E-state index in [0.717, 1.165) is 13.0 Å². The molecule has 2 atom stereocenters. The number of thiophene rings is 1. The molecule has 0 unspecified atom stereocenters. The molecule has 1 rings (SSSR count). The van der Waals surface area contributed by atoms with Crippen molar-refractivity contribution in [3.63, 3.8) is 0 Å². The molecule has 138 valence electrons. The molecule has 1 aromatic heterocycles. The highest BCUT2D eigenvalue weighted by atomic mass is 32.1. The third-order valence-corrected chi connectivity index (χ3v) is 5.14. The molecular weight excluding hydrogens is 320 g/mol. The zero-order valence-electron chi connectivity index (χ0n) is 16.2. The molecule has 0 aliphatic rings. The minimum Gasteiger partial charge on any atom is -0.336 e. The second-order valence-electron chi connectivity index (χ2n) is 7.86. The summed E-state index contributed by atoms with van der Waals surface area (Å²) >= 11 is 1.72. The van der Waals surface area contributed by atoms with Crippen molar-refractivity contribution < 1.29 is 4.79 Å². The van der Waals surface area contributed by atoms with Crippen LogP contribution in [-0.4, -0.2) is 63.2 Å². The molecule has 1 heterocycles. The Morgan fingerprint density at radius 3 is 2.38 bits per heavy atom. The first kappa shape index (κ1) is 20.9. The molecule has 2 N–H and O–H groups in total. The predicted octanol–water partition coefficient (Wildman–Crippen LogP) is 3.02. The topological polar surface area (TPSA) is 47.6 Å². The van der Waals surface area contributed by atoms with E-state index in [9.17, 15) is 4.79 Å². The van der Waals surface area contributed by atoms with E-state index in [1.165, 1.54) is 4.88 Å². The Bertz CT molecular complexity index is 480. The van der Waals surface area contributed by atoms with Crippen LogP contribution < -0.4 is 10.6 Å². The van der Waals surface area contributed by atoms with Crippen molar-refractivity contribution in [1.29, 1.82) is 0 Å². The van der Waals surface area contributed by atoms with E-state index >= 15 is 0 Å². The fourth-order valence-corrected chi connectivity index (χ4v) is 3.45. The molecule has 6 heteroatoms. The van der Waals surface area contributed by atoms with E-state index in [0.29, 0.717) is 6.54 Å². The van der Waals surface area contributed by atoms with Gasteiger partial charge in [0.1, 0.15) is 0 Å². The van der Waals surface area contributed by atoms with Crippen molar-refractivity contribution in [3.8, 4) is 0 Å². The number of likely N-dealkylation sites (N-methyl/N-ethyl adjacent to an activating group) is 1. The van der Waals surface area contributed by atoms with Gasteiger partial charge in [-0.05, 0) is 58.0 Å². The number of hydrogen-bond donors (Lipinski definition) is 2. The van der Waals surface area contributed by atoms with Gasteiger partial charge < -0.3 is 20.4 Å². The highest BCUT2D eigenvalue weighted by Gasteiger charge is 2.26. The van der Waals surface area contributed by atoms with Crippen LogP contribution in [0.25, 0.3) is 0 Å². The maximum atomic E-state index is 12.4. The lowest BCUT2D eigenvalue weighted by Gasteiger charge is -2.33. The molecule has 0 saturated carbocycles. The highest BCUT2D eigenvalue weighted by molar-refractivity contribution is 7.10. The number of carbonyl (C=O) groups excluding carboxylic acids is 1. The first-order chi connectivity index (χ1) is 11.1. The molecule has 0 fully saturated rings. The Labute approximate surface area is 151 Å². The fourth-order valence-electron chi connectivity index (χ4n) is 2.53. The maximum absolute atomic E-state index is 12.4. The summed E-state index contributed by atoms with van der Waals surface area (Å²) in [4.78, 5) is 17.9. The number of rotatable bonds is 8. The van der Waals surface area contributed by atoms with E-state index in [2.05, 4.69) is 66.7 Å². The number of hydrogen-bond acceptors (Lipinski definition) is 4. The van der Waals surface area contributed by atoms with Crippen LogP contribution in [0.5, 0.6) is 0 Å². The van der Waals surface area contributed by atoms with E-state index in [1.54, 1.807) is 11.3 Å². The summed E-state index contributed by atoms with van der Waals surface area (Å²) in [7, 11) is 8.20. The van der Waals surface area contributed by atoms with Crippen molar-refractivity contribution in [1.82, 2.24) is 20.4 Å². The quantitative estimate of drug-likeness (QED) is 0.754. The van der Waals surface area contributed by atoms with Crippen molar-refractivity contribution in [3.05, 3.63) is 22.4 Å². The van der Waals surface area contributed by atoms with Crippen molar-refractivity contribution in [2.75, 3.05) is 41.3 Å². The van der Waals surface area contributed by atoms with Gasteiger partial charge in [-0.3, -0.25) is 0 Å². The van der Waals surface area contributed by atoms with Crippen molar-refractivity contribution >= 4 is 17.4 Å². The van der Waals surface area contributed by atoms with Gasteiger partial charge >= 0.3 is 6.03 Å². The lowest BCUT2D eigenvalue weighted by molar-refractivity contribution is 0.203. The Balaban J connectivity index is 2.58. The third-order valence-electron chi connectivity index (χ3n) is 4.17. The van der Waals surface area contributed by atoms with Crippen LogP contribution in [0.2, 0.25) is 0 Å². The molecule has 0 radical (unpaired) electrons. The van der Waals surface area contributed by atoms with E-state index in [4.69, 9.17) is 0 Å². The van der Waals surface area contributed by atoms with Gasteiger partial charge in [0, 0.05) is 17.5 Å². The molecule has 0 saturated heterocycles. The predicted molar refractivity (Wildman–Crippen MR) is 104 cm³/mol. The van der Waals surface area contributed by atoms with Gasteiger partial charge in [-0.25, -0.2) is 4.79 Å². The van der Waals surface area contributed by atoms with Gasteiger partial charge in [0.25, 0.3) is 0 Å². The molecule has 0 aromatic carbocycles. The van der Waals surface area contributed by atoms with Crippen LogP contribution in [0, 0.1) is 5.41 Å². The van der Waals surface area contributed by atoms with Gasteiger partial charge in [-0.2, -0.15) is 0 Å². The lowest BCUT2D eigenvalue weighted by Crippen LogP contribution is -2.50. The number of nitrogens with zero attached hydrogens (tertiary/aromatic N) is 2. The van der Waals surface area contributed by atoms with E-state index < -0.39 is 0 Å². The van der Waals surface area contributed by atoms with Gasteiger partial charge in [0.2, 0.25) is 0 Å². The van der Waals surface area contributed by atoms with Crippen molar-refractivity contribution in [2.45, 2.75) is 39.3 Å². The molecule has 2 amide bonds. The number of nitrogens with one attached hydrogen (secondary N) is 2.